The van der Waals surface area contributed by atoms with Crippen molar-refractivity contribution in [3.8, 4) is 0 Å². The number of nitrogens with zero attached hydrogens (tertiary/aromatic N) is 1. The van der Waals surface area contributed by atoms with Crippen LogP contribution < -0.4 is 56.7 Å². The SMILES string of the molecule is O=C(CNc1ccc(Cl)cc1)Sc1ncccc1C(=O)O.[H-].[K+]. The van der Waals surface area contributed by atoms with Crippen molar-refractivity contribution in [2.24, 2.45) is 0 Å². The molecular formula is C14H12ClKN2O3S. The third-order valence-electron chi connectivity index (χ3n) is 2.49. The van der Waals surface area contributed by atoms with Gasteiger partial charge in [0, 0.05) is 16.9 Å². The zero-order valence-corrected chi connectivity index (χ0v) is 16.4. The Labute approximate surface area is 180 Å². The van der Waals surface area contributed by atoms with Gasteiger partial charge in [0.1, 0.15) is 5.03 Å². The summed E-state index contributed by atoms with van der Waals surface area (Å²) in [6, 6.07) is 9.86. The summed E-state index contributed by atoms with van der Waals surface area (Å²) in [5.41, 5.74) is 0.773. The Hall–Kier alpha value is -0.414. The van der Waals surface area contributed by atoms with E-state index in [1.807, 2.05) is 0 Å². The van der Waals surface area contributed by atoms with Gasteiger partial charge in [-0.2, -0.15) is 0 Å². The number of hydrogen-bond acceptors (Lipinski definition) is 5. The number of anilines is 1. The number of hydrogen-bond donors (Lipinski definition) is 2. The summed E-state index contributed by atoms with van der Waals surface area (Å²) in [5, 5.41) is 12.5. The maximum atomic E-state index is 11.9. The number of halogens is 1. The van der Waals surface area contributed by atoms with Crippen LogP contribution in [0.2, 0.25) is 5.02 Å². The van der Waals surface area contributed by atoms with E-state index in [0.29, 0.717) is 5.02 Å². The molecule has 1 aromatic heterocycles. The monoisotopic (exact) mass is 362 g/mol. The number of aromatic nitrogens is 1. The van der Waals surface area contributed by atoms with Crippen molar-refractivity contribution in [1.29, 1.82) is 0 Å². The van der Waals surface area contributed by atoms with Gasteiger partial charge in [-0.1, -0.05) is 11.6 Å². The number of rotatable bonds is 5. The van der Waals surface area contributed by atoms with Gasteiger partial charge in [0.15, 0.2) is 0 Å². The van der Waals surface area contributed by atoms with E-state index < -0.39 is 5.97 Å². The average Bonchev–Trinajstić information content (AvgIpc) is 2.47. The van der Waals surface area contributed by atoms with Gasteiger partial charge < -0.3 is 11.8 Å². The molecule has 5 nitrogen and oxygen atoms in total. The summed E-state index contributed by atoms with van der Waals surface area (Å²) in [6.07, 6.45) is 1.45. The van der Waals surface area contributed by atoms with Crippen LogP contribution in [0.3, 0.4) is 0 Å². The molecule has 1 heterocycles. The van der Waals surface area contributed by atoms with Crippen molar-refractivity contribution in [3.05, 3.63) is 53.2 Å². The largest absolute Gasteiger partial charge is 1.00 e. The van der Waals surface area contributed by atoms with Gasteiger partial charge in [-0.15, -0.1) is 0 Å². The molecule has 0 atom stereocenters. The molecule has 0 saturated carbocycles. The Morgan fingerprint density at radius 1 is 1.27 bits per heavy atom. The fraction of sp³-hybridized carbons (Fsp3) is 0.0714. The summed E-state index contributed by atoms with van der Waals surface area (Å²) in [7, 11) is 0. The molecule has 0 bridgehead atoms. The Morgan fingerprint density at radius 3 is 2.59 bits per heavy atom. The molecule has 8 heteroatoms. The van der Waals surface area contributed by atoms with E-state index >= 15 is 0 Å². The van der Waals surface area contributed by atoms with Gasteiger partial charge in [0.05, 0.1) is 12.1 Å². The predicted octanol–water partition coefficient (Wildman–Crippen LogP) is 0.280. The van der Waals surface area contributed by atoms with Gasteiger partial charge in [-0.3, -0.25) is 4.79 Å². The number of nitrogens with one attached hydrogen (secondary N) is 1. The predicted molar refractivity (Wildman–Crippen MR) is 83.1 cm³/mol. The first-order chi connectivity index (χ1) is 10.1. The van der Waals surface area contributed by atoms with Crippen molar-refractivity contribution in [3.63, 3.8) is 0 Å². The Balaban J connectivity index is 0.00000242. The number of benzene rings is 1. The van der Waals surface area contributed by atoms with Gasteiger partial charge in [-0.05, 0) is 48.2 Å². The third kappa shape index (κ3) is 6.00. The number of aromatic carboxylic acids is 1. The molecule has 0 spiro atoms. The van der Waals surface area contributed by atoms with Crippen molar-refractivity contribution >= 4 is 40.1 Å². The first-order valence-corrected chi connectivity index (χ1v) is 7.14. The Bertz CT molecular complexity index is 673. The minimum atomic E-state index is -1.11. The van der Waals surface area contributed by atoms with Crippen molar-refractivity contribution in [1.82, 2.24) is 4.98 Å². The second kappa shape index (κ2) is 9.66. The minimum absolute atomic E-state index is 0. The molecule has 0 aliphatic carbocycles. The number of pyridine rings is 1. The quantitative estimate of drug-likeness (QED) is 0.587. The van der Waals surface area contributed by atoms with Crippen LogP contribution in [0.5, 0.6) is 0 Å². The van der Waals surface area contributed by atoms with Crippen LogP contribution in [0, 0.1) is 0 Å². The van der Waals surface area contributed by atoms with Crippen LogP contribution in [-0.4, -0.2) is 27.7 Å². The average molecular weight is 363 g/mol. The van der Waals surface area contributed by atoms with E-state index in [1.165, 1.54) is 18.3 Å². The summed E-state index contributed by atoms with van der Waals surface area (Å²) in [5.74, 6) is -1.11. The normalized spacial score (nSPS) is 9.68. The Morgan fingerprint density at radius 2 is 1.95 bits per heavy atom. The molecule has 0 amide bonds. The number of carbonyl (C=O) groups excluding carboxylic acids is 1. The van der Waals surface area contributed by atoms with E-state index in [-0.39, 0.29) is 75.1 Å². The zero-order chi connectivity index (χ0) is 15.2. The molecule has 0 fully saturated rings. The van der Waals surface area contributed by atoms with Gasteiger partial charge >= 0.3 is 57.4 Å². The van der Waals surface area contributed by atoms with Crippen molar-refractivity contribution in [2.75, 3.05) is 11.9 Å². The second-order valence-electron chi connectivity index (χ2n) is 4.00. The Kier molecular flexibility index (Phi) is 8.62. The molecule has 0 radical (unpaired) electrons. The van der Waals surface area contributed by atoms with Crippen LogP contribution in [0.15, 0.2) is 47.6 Å². The first-order valence-electron chi connectivity index (χ1n) is 5.94. The van der Waals surface area contributed by atoms with E-state index in [4.69, 9.17) is 16.7 Å². The molecule has 2 N–H and O–H groups in total. The summed E-state index contributed by atoms with van der Waals surface area (Å²) < 4.78 is 0. The number of carboxylic acid groups (broad SMARTS) is 1. The number of carbonyl (C=O) groups is 2. The maximum Gasteiger partial charge on any atom is 1.00 e. The molecule has 110 valence electrons. The van der Waals surface area contributed by atoms with Crippen LogP contribution >= 0.6 is 23.4 Å². The second-order valence-corrected chi connectivity index (χ2v) is 5.48. The third-order valence-corrected chi connectivity index (χ3v) is 3.64. The van der Waals surface area contributed by atoms with E-state index in [2.05, 4.69) is 10.3 Å². The van der Waals surface area contributed by atoms with E-state index in [9.17, 15) is 9.59 Å². The summed E-state index contributed by atoms with van der Waals surface area (Å²) in [4.78, 5) is 26.8. The van der Waals surface area contributed by atoms with E-state index in [0.717, 1.165) is 17.4 Å². The molecule has 1 aromatic carbocycles. The van der Waals surface area contributed by atoms with Crippen LogP contribution in [-0.2, 0) is 4.79 Å². The first kappa shape index (κ1) is 19.6. The van der Waals surface area contributed by atoms with Crippen molar-refractivity contribution < 1.29 is 67.5 Å². The summed E-state index contributed by atoms with van der Waals surface area (Å²) in [6.45, 7) is 0.0575. The van der Waals surface area contributed by atoms with Gasteiger partial charge in [-0.25, -0.2) is 9.78 Å². The molecule has 2 rings (SSSR count). The molecule has 0 unspecified atom stereocenters. The molecule has 0 aliphatic heterocycles. The maximum absolute atomic E-state index is 11.9. The zero-order valence-electron chi connectivity index (χ0n) is 12.7. The van der Waals surface area contributed by atoms with E-state index in [1.54, 1.807) is 24.3 Å². The van der Waals surface area contributed by atoms with Crippen LogP contribution in [0.25, 0.3) is 0 Å². The minimum Gasteiger partial charge on any atom is -1.00 e. The molecule has 0 aliphatic rings. The summed E-state index contributed by atoms with van der Waals surface area (Å²) >= 11 is 6.57. The fourth-order valence-corrected chi connectivity index (χ4v) is 2.39. The van der Waals surface area contributed by atoms with Gasteiger partial charge in [0.2, 0.25) is 5.12 Å². The molecule has 0 saturated heterocycles. The molecular weight excluding hydrogens is 351 g/mol. The fourth-order valence-electron chi connectivity index (χ4n) is 1.52. The van der Waals surface area contributed by atoms with Gasteiger partial charge in [0.25, 0.3) is 0 Å². The molecule has 2 aromatic rings. The molecule has 22 heavy (non-hydrogen) atoms. The topological polar surface area (TPSA) is 79.3 Å². The van der Waals surface area contributed by atoms with Crippen LogP contribution in [0.4, 0.5) is 5.69 Å². The number of carboxylic acids is 1. The standard InChI is InChI=1S/C14H11ClN2O3S.K.H/c15-9-3-5-10(6-4-9)17-8-12(18)21-13-11(14(19)20)2-1-7-16-13;;/h1-7,17H,8H2,(H,19,20);;/q;+1;-1. The van der Waals surface area contributed by atoms with Crippen LogP contribution in [0.1, 0.15) is 11.8 Å². The smallest absolute Gasteiger partial charge is 1.00 e. The number of thioether (sulfide) groups is 1. The van der Waals surface area contributed by atoms with Crippen molar-refractivity contribution in [2.45, 2.75) is 5.03 Å².